The first-order chi connectivity index (χ1) is 13.8. The molecule has 1 aliphatic rings. The van der Waals surface area contributed by atoms with E-state index in [2.05, 4.69) is 53.2 Å². The van der Waals surface area contributed by atoms with Crippen LogP contribution in [0.5, 0.6) is 5.75 Å². The number of nitrogens with one attached hydrogen (secondary N) is 3. The van der Waals surface area contributed by atoms with Crippen LogP contribution in [0.4, 0.5) is 4.39 Å². The van der Waals surface area contributed by atoms with E-state index in [1.165, 1.54) is 24.4 Å². The van der Waals surface area contributed by atoms with Crippen LogP contribution < -0.4 is 21.0 Å². The lowest BCUT2D eigenvalue weighted by atomic mass is 10.1. The topological polar surface area (TPSA) is 91.8 Å². The summed E-state index contributed by atoms with van der Waals surface area (Å²) in [4.78, 5) is 24.5. The molecule has 10 heteroatoms. The van der Waals surface area contributed by atoms with Crippen LogP contribution in [0, 0.1) is 5.82 Å². The maximum Gasteiger partial charge on any atom is 0.343 e. The summed E-state index contributed by atoms with van der Waals surface area (Å²) in [6.07, 6.45) is 2.01. The van der Waals surface area contributed by atoms with Gasteiger partial charge in [0.1, 0.15) is 11.9 Å². The Kier molecular flexibility index (Phi) is 7.12. The predicted molar refractivity (Wildman–Crippen MR) is 113 cm³/mol. The smallest absolute Gasteiger partial charge is 0.343 e. The number of hydrogen-bond acceptors (Lipinski definition) is 6. The summed E-state index contributed by atoms with van der Waals surface area (Å²) in [6, 6.07) is 8.37. The highest BCUT2D eigenvalue weighted by Gasteiger charge is 2.26. The van der Waals surface area contributed by atoms with Gasteiger partial charge in [-0.05, 0) is 59.6 Å². The van der Waals surface area contributed by atoms with Gasteiger partial charge >= 0.3 is 5.97 Å². The summed E-state index contributed by atoms with van der Waals surface area (Å²) in [6.45, 7) is 1.96. The first-order valence-electron chi connectivity index (χ1n) is 8.64. The van der Waals surface area contributed by atoms with Crippen molar-refractivity contribution in [2.24, 2.45) is 5.10 Å². The fraction of sp³-hybridized carbons (Fsp3) is 0.211. The van der Waals surface area contributed by atoms with Gasteiger partial charge in [-0.3, -0.25) is 10.2 Å². The molecule has 0 bridgehead atoms. The van der Waals surface area contributed by atoms with Crippen molar-refractivity contribution in [1.29, 1.82) is 0 Å². The van der Waals surface area contributed by atoms with Crippen molar-refractivity contribution in [3.63, 3.8) is 0 Å². The van der Waals surface area contributed by atoms with Crippen LogP contribution in [0.3, 0.4) is 0 Å². The molecule has 2 atom stereocenters. The van der Waals surface area contributed by atoms with Crippen LogP contribution >= 0.6 is 31.9 Å². The first kappa shape index (κ1) is 21.6. The SMILES string of the molecule is CC1CC(C(=O)N/N=C/c2cc(Br)cc(Br)c2OC(=O)c2cccc(F)c2)NN1. The molecule has 3 N–H and O–H groups in total. The van der Waals surface area contributed by atoms with E-state index in [0.29, 0.717) is 20.9 Å². The standard InChI is InChI=1S/C19H17Br2FN4O3/c1-10-5-16(25-24-10)18(27)26-23-9-12-6-13(20)8-15(21)17(12)29-19(28)11-3-2-4-14(22)7-11/h2-4,6-10,16,24-25H,5H2,1H3,(H,26,27)/b23-9+. The van der Waals surface area contributed by atoms with Gasteiger partial charge in [0.25, 0.3) is 5.91 Å². The van der Waals surface area contributed by atoms with Crippen molar-refractivity contribution < 1.29 is 18.7 Å². The quantitative estimate of drug-likeness (QED) is 0.240. The number of carbonyl (C=O) groups is 2. The van der Waals surface area contributed by atoms with E-state index >= 15 is 0 Å². The van der Waals surface area contributed by atoms with E-state index in [9.17, 15) is 14.0 Å². The Balaban J connectivity index is 1.76. The lowest BCUT2D eigenvalue weighted by Gasteiger charge is -2.11. The molecule has 29 heavy (non-hydrogen) atoms. The third-order valence-electron chi connectivity index (χ3n) is 4.08. The van der Waals surface area contributed by atoms with E-state index in [4.69, 9.17) is 4.74 Å². The lowest BCUT2D eigenvalue weighted by molar-refractivity contribution is -0.122. The van der Waals surface area contributed by atoms with Crippen LogP contribution in [-0.4, -0.2) is 30.2 Å². The Morgan fingerprint density at radius 1 is 1.28 bits per heavy atom. The van der Waals surface area contributed by atoms with Gasteiger partial charge in [0.05, 0.1) is 16.3 Å². The Morgan fingerprint density at radius 2 is 2.07 bits per heavy atom. The zero-order valence-electron chi connectivity index (χ0n) is 15.2. The number of amides is 1. The summed E-state index contributed by atoms with van der Waals surface area (Å²) < 4.78 is 20.0. The van der Waals surface area contributed by atoms with Gasteiger partial charge in [0.15, 0.2) is 5.75 Å². The number of halogens is 3. The van der Waals surface area contributed by atoms with Gasteiger partial charge in [-0.2, -0.15) is 5.10 Å². The number of hydrazine groups is 1. The average molecular weight is 528 g/mol. The van der Waals surface area contributed by atoms with E-state index in [-0.39, 0.29) is 29.3 Å². The third kappa shape index (κ3) is 5.69. The number of hydrazone groups is 1. The molecule has 2 aromatic rings. The summed E-state index contributed by atoms with van der Waals surface area (Å²) in [5, 5.41) is 3.96. The van der Waals surface area contributed by atoms with E-state index in [1.807, 2.05) is 6.92 Å². The van der Waals surface area contributed by atoms with Crippen molar-refractivity contribution in [2.45, 2.75) is 25.4 Å². The summed E-state index contributed by atoms with van der Waals surface area (Å²) in [5.74, 6) is -1.36. The summed E-state index contributed by atoms with van der Waals surface area (Å²) >= 11 is 6.71. The molecule has 7 nitrogen and oxygen atoms in total. The molecule has 1 amide bonds. The molecule has 2 aromatic carbocycles. The van der Waals surface area contributed by atoms with Gasteiger partial charge in [0, 0.05) is 16.1 Å². The highest BCUT2D eigenvalue weighted by atomic mass is 79.9. The van der Waals surface area contributed by atoms with Crippen LogP contribution in [0.1, 0.15) is 29.3 Å². The van der Waals surface area contributed by atoms with Crippen LogP contribution in [0.15, 0.2) is 50.4 Å². The Labute approximate surface area is 183 Å². The predicted octanol–water partition coefficient (Wildman–Crippen LogP) is 3.28. The minimum Gasteiger partial charge on any atom is -0.421 e. The minimum atomic E-state index is -0.721. The number of esters is 1. The number of hydrogen-bond donors (Lipinski definition) is 3. The van der Waals surface area contributed by atoms with Crippen LogP contribution in [0.25, 0.3) is 0 Å². The second-order valence-corrected chi connectivity index (χ2v) is 8.19. The largest absolute Gasteiger partial charge is 0.421 e. The molecule has 0 saturated carbocycles. The van der Waals surface area contributed by atoms with Crippen molar-refractivity contribution in [1.82, 2.24) is 16.3 Å². The average Bonchev–Trinajstić information content (AvgIpc) is 3.10. The summed E-state index contributed by atoms with van der Waals surface area (Å²) in [5.41, 5.74) is 8.81. The Morgan fingerprint density at radius 3 is 2.76 bits per heavy atom. The zero-order valence-corrected chi connectivity index (χ0v) is 18.4. The van der Waals surface area contributed by atoms with Crippen molar-refractivity contribution in [3.05, 3.63) is 62.3 Å². The second kappa shape index (κ2) is 9.57. The number of nitrogens with zero attached hydrogens (tertiary/aromatic N) is 1. The normalized spacial score (nSPS) is 18.8. The first-order valence-corrected chi connectivity index (χ1v) is 10.2. The molecule has 3 rings (SSSR count). The van der Waals surface area contributed by atoms with Gasteiger partial charge in [-0.15, -0.1) is 0 Å². The number of ether oxygens (including phenoxy) is 1. The lowest BCUT2D eigenvalue weighted by Crippen LogP contribution is -2.41. The molecule has 1 saturated heterocycles. The molecular formula is C19H17Br2FN4O3. The molecule has 0 aromatic heterocycles. The molecule has 0 radical (unpaired) electrons. The van der Waals surface area contributed by atoms with Crippen LogP contribution in [0.2, 0.25) is 0 Å². The fourth-order valence-corrected chi connectivity index (χ4v) is 4.02. The van der Waals surface area contributed by atoms with Gasteiger partial charge in [-0.1, -0.05) is 22.0 Å². The maximum atomic E-state index is 13.4. The third-order valence-corrected chi connectivity index (χ3v) is 5.13. The second-order valence-electron chi connectivity index (χ2n) is 6.42. The molecule has 1 fully saturated rings. The number of rotatable bonds is 5. The fourth-order valence-electron chi connectivity index (χ4n) is 2.68. The van der Waals surface area contributed by atoms with Crippen molar-refractivity contribution >= 4 is 50.0 Å². The molecule has 152 valence electrons. The molecule has 0 aliphatic carbocycles. The molecule has 1 aliphatic heterocycles. The van der Waals surface area contributed by atoms with E-state index in [1.54, 1.807) is 12.1 Å². The maximum absolute atomic E-state index is 13.4. The number of carbonyl (C=O) groups excluding carboxylic acids is 2. The summed E-state index contributed by atoms with van der Waals surface area (Å²) in [7, 11) is 0. The Hall–Kier alpha value is -2.14. The van der Waals surface area contributed by atoms with Gasteiger partial charge in [-0.25, -0.2) is 20.0 Å². The highest BCUT2D eigenvalue weighted by molar-refractivity contribution is 9.11. The van der Waals surface area contributed by atoms with Crippen LogP contribution in [-0.2, 0) is 4.79 Å². The van der Waals surface area contributed by atoms with E-state index < -0.39 is 11.8 Å². The molecular weight excluding hydrogens is 511 g/mol. The highest BCUT2D eigenvalue weighted by Crippen LogP contribution is 2.32. The van der Waals surface area contributed by atoms with E-state index in [0.717, 1.165) is 6.07 Å². The van der Waals surface area contributed by atoms with Gasteiger partial charge in [0.2, 0.25) is 0 Å². The number of benzene rings is 2. The van der Waals surface area contributed by atoms with Crippen molar-refractivity contribution in [2.75, 3.05) is 0 Å². The molecule has 1 heterocycles. The molecule has 2 unspecified atom stereocenters. The molecule has 0 spiro atoms. The Bertz CT molecular complexity index is 970. The van der Waals surface area contributed by atoms with Gasteiger partial charge < -0.3 is 4.74 Å². The zero-order chi connectivity index (χ0) is 21.0. The monoisotopic (exact) mass is 526 g/mol. The minimum absolute atomic E-state index is 0.0740. The van der Waals surface area contributed by atoms with Crippen molar-refractivity contribution in [3.8, 4) is 5.75 Å².